The summed E-state index contributed by atoms with van der Waals surface area (Å²) in [7, 11) is 0. The van der Waals surface area contributed by atoms with Crippen LogP contribution in [0.3, 0.4) is 0 Å². The average molecular weight is 857 g/mol. The van der Waals surface area contributed by atoms with Gasteiger partial charge in [-0.15, -0.1) is 0 Å². The van der Waals surface area contributed by atoms with Crippen LogP contribution in [0, 0.1) is 41.5 Å². The summed E-state index contributed by atoms with van der Waals surface area (Å²) < 4.78 is 0. The van der Waals surface area contributed by atoms with E-state index in [0.29, 0.717) is 0 Å². The SMILES string of the molecule is Cc1ccccc1N(c1c(C)ccc(-c2ccccc2)c1C)c1cc(C(C)C)c2ccc3c(N(c4ccccc4C)c4c(C)ccc(-c5ccccc5)c4C)cc(C(C)C)c4ccc1c2c43. The second-order valence-corrected chi connectivity index (χ2v) is 19.1. The Kier molecular flexibility index (Phi) is 11.0. The molecule has 0 saturated heterocycles. The number of hydrogen-bond donors (Lipinski definition) is 0. The van der Waals surface area contributed by atoms with E-state index in [1.165, 1.54) is 133 Å². The van der Waals surface area contributed by atoms with E-state index in [2.05, 4.69) is 249 Å². The van der Waals surface area contributed by atoms with Crippen molar-refractivity contribution < 1.29 is 0 Å². The summed E-state index contributed by atoms with van der Waals surface area (Å²) in [5.41, 5.74) is 22.4. The predicted octanol–water partition coefficient (Wildman–Crippen LogP) is 19.0. The Hall–Kier alpha value is -7.16. The molecular formula is C64H60N2. The summed E-state index contributed by atoms with van der Waals surface area (Å²) in [4.78, 5) is 5.19. The minimum atomic E-state index is 0.281. The lowest BCUT2D eigenvalue weighted by Crippen LogP contribution is -2.16. The van der Waals surface area contributed by atoms with Crippen LogP contribution in [-0.2, 0) is 0 Å². The maximum Gasteiger partial charge on any atom is 0.0543 e. The van der Waals surface area contributed by atoms with Gasteiger partial charge < -0.3 is 9.80 Å². The molecule has 0 saturated carbocycles. The molecular weight excluding hydrogens is 797 g/mol. The fourth-order valence-electron chi connectivity index (χ4n) is 10.9. The van der Waals surface area contributed by atoms with Gasteiger partial charge in [0.25, 0.3) is 0 Å². The van der Waals surface area contributed by atoms with E-state index < -0.39 is 0 Å². The van der Waals surface area contributed by atoms with Crippen LogP contribution in [0.4, 0.5) is 34.1 Å². The molecule has 0 aliphatic carbocycles. The van der Waals surface area contributed by atoms with E-state index in [1.807, 2.05) is 0 Å². The van der Waals surface area contributed by atoms with Gasteiger partial charge in [0.05, 0.1) is 22.7 Å². The molecule has 0 aliphatic heterocycles. The second-order valence-electron chi connectivity index (χ2n) is 19.1. The van der Waals surface area contributed by atoms with Gasteiger partial charge in [0, 0.05) is 22.1 Å². The molecule has 10 aromatic carbocycles. The van der Waals surface area contributed by atoms with Crippen molar-refractivity contribution in [1.29, 1.82) is 0 Å². The van der Waals surface area contributed by atoms with E-state index >= 15 is 0 Å². The lowest BCUT2D eigenvalue weighted by Gasteiger charge is -2.34. The first-order valence-corrected chi connectivity index (χ1v) is 23.8. The Labute approximate surface area is 392 Å². The largest absolute Gasteiger partial charge is 0.309 e. The first-order chi connectivity index (χ1) is 31.9. The highest BCUT2D eigenvalue weighted by Crippen LogP contribution is 2.53. The van der Waals surface area contributed by atoms with E-state index in [-0.39, 0.29) is 11.8 Å². The molecule has 0 radical (unpaired) electrons. The fraction of sp³-hybridized carbons (Fsp3) is 0.188. The Morgan fingerprint density at radius 3 is 1.03 bits per heavy atom. The number of para-hydroxylation sites is 2. The zero-order valence-corrected chi connectivity index (χ0v) is 40.2. The molecule has 10 aromatic rings. The van der Waals surface area contributed by atoms with Gasteiger partial charge in [-0.05, 0) is 166 Å². The van der Waals surface area contributed by atoms with Crippen molar-refractivity contribution >= 4 is 66.4 Å². The number of benzene rings is 10. The van der Waals surface area contributed by atoms with Crippen molar-refractivity contribution in [2.45, 2.75) is 81.1 Å². The van der Waals surface area contributed by atoms with Crippen molar-refractivity contribution in [3.05, 3.63) is 214 Å². The third-order valence-corrected chi connectivity index (χ3v) is 14.2. The maximum absolute atomic E-state index is 2.59. The van der Waals surface area contributed by atoms with Crippen molar-refractivity contribution in [3.63, 3.8) is 0 Å². The lowest BCUT2D eigenvalue weighted by atomic mass is 9.83. The quantitative estimate of drug-likeness (QED) is 0.126. The molecule has 2 heteroatoms. The van der Waals surface area contributed by atoms with Crippen LogP contribution >= 0.6 is 0 Å². The predicted molar refractivity (Wildman–Crippen MR) is 287 cm³/mol. The molecule has 0 aliphatic rings. The highest BCUT2D eigenvalue weighted by molar-refractivity contribution is 6.29. The van der Waals surface area contributed by atoms with Crippen LogP contribution in [0.2, 0.25) is 0 Å². The summed E-state index contributed by atoms with van der Waals surface area (Å²) in [6, 6.07) is 63.5. The van der Waals surface area contributed by atoms with Gasteiger partial charge in [0.1, 0.15) is 0 Å². The third kappa shape index (κ3) is 7.02. The highest BCUT2D eigenvalue weighted by atomic mass is 15.2. The van der Waals surface area contributed by atoms with Crippen molar-refractivity contribution in [1.82, 2.24) is 0 Å². The first-order valence-electron chi connectivity index (χ1n) is 23.8. The maximum atomic E-state index is 2.59. The van der Waals surface area contributed by atoms with Gasteiger partial charge in [0.2, 0.25) is 0 Å². The fourth-order valence-corrected chi connectivity index (χ4v) is 10.9. The number of aryl methyl sites for hydroxylation is 4. The first kappa shape index (κ1) is 42.8. The van der Waals surface area contributed by atoms with Crippen LogP contribution in [-0.4, -0.2) is 0 Å². The summed E-state index contributed by atoms with van der Waals surface area (Å²) >= 11 is 0. The van der Waals surface area contributed by atoms with Gasteiger partial charge in [-0.1, -0.05) is 173 Å². The van der Waals surface area contributed by atoms with Crippen LogP contribution in [0.25, 0.3) is 54.6 Å². The molecule has 0 aromatic heterocycles. The van der Waals surface area contributed by atoms with Crippen LogP contribution in [0.5, 0.6) is 0 Å². The molecule has 0 unspecified atom stereocenters. The van der Waals surface area contributed by atoms with Gasteiger partial charge in [-0.25, -0.2) is 0 Å². The van der Waals surface area contributed by atoms with Crippen LogP contribution < -0.4 is 9.80 Å². The number of anilines is 6. The monoisotopic (exact) mass is 856 g/mol. The topological polar surface area (TPSA) is 6.48 Å². The van der Waals surface area contributed by atoms with Gasteiger partial charge in [-0.3, -0.25) is 0 Å². The molecule has 0 bridgehead atoms. The zero-order chi connectivity index (χ0) is 46.0. The lowest BCUT2D eigenvalue weighted by molar-refractivity contribution is 0.875. The van der Waals surface area contributed by atoms with E-state index in [1.54, 1.807) is 0 Å². The minimum Gasteiger partial charge on any atom is -0.309 e. The molecule has 2 nitrogen and oxygen atoms in total. The number of nitrogens with zero attached hydrogens (tertiary/aromatic N) is 2. The third-order valence-electron chi connectivity index (χ3n) is 14.2. The summed E-state index contributed by atoms with van der Waals surface area (Å²) in [5, 5.41) is 7.83. The second kappa shape index (κ2) is 17.0. The molecule has 0 atom stereocenters. The standard InChI is InChI=1S/C64H60N2/c1-39(2)55-37-59(65(57-27-19-17-21-41(57)5)63-43(7)29-31-49(45(63)9)47-23-13-11-14-24-47)53-36-34-52-56(40(3)4)38-60(54-35-33-51(55)61(53)62(52)54)66(58-28-20-18-22-42(58)6)64-44(8)30-32-50(46(64)10)48-25-15-12-16-26-48/h11-40H,1-10H3. The Morgan fingerprint density at radius 2 is 0.667 bits per heavy atom. The molecule has 0 heterocycles. The van der Waals surface area contributed by atoms with E-state index in [9.17, 15) is 0 Å². The summed E-state index contributed by atoms with van der Waals surface area (Å²) in [5.74, 6) is 0.562. The summed E-state index contributed by atoms with van der Waals surface area (Å²) in [6.07, 6.45) is 0. The minimum absolute atomic E-state index is 0.281. The molecule has 66 heavy (non-hydrogen) atoms. The smallest absolute Gasteiger partial charge is 0.0543 e. The molecule has 0 spiro atoms. The molecule has 326 valence electrons. The van der Waals surface area contributed by atoms with Crippen LogP contribution in [0.15, 0.2) is 170 Å². The molecule has 10 rings (SSSR count). The van der Waals surface area contributed by atoms with Crippen molar-refractivity contribution in [2.24, 2.45) is 0 Å². The average Bonchev–Trinajstić information content (AvgIpc) is 3.32. The summed E-state index contributed by atoms with van der Waals surface area (Å²) in [6.45, 7) is 23.1. The highest BCUT2D eigenvalue weighted by Gasteiger charge is 2.29. The molecule has 0 fully saturated rings. The molecule has 0 N–H and O–H groups in total. The van der Waals surface area contributed by atoms with E-state index in [0.717, 1.165) is 0 Å². The van der Waals surface area contributed by atoms with Crippen molar-refractivity contribution in [3.8, 4) is 22.3 Å². The van der Waals surface area contributed by atoms with Gasteiger partial charge in [-0.2, -0.15) is 0 Å². The number of hydrogen-bond acceptors (Lipinski definition) is 2. The number of rotatable bonds is 10. The van der Waals surface area contributed by atoms with E-state index in [4.69, 9.17) is 0 Å². The zero-order valence-electron chi connectivity index (χ0n) is 40.2. The Morgan fingerprint density at radius 1 is 0.318 bits per heavy atom. The van der Waals surface area contributed by atoms with Crippen molar-refractivity contribution in [2.75, 3.05) is 9.80 Å². The normalized spacial score (nSPS) is 11.8. The Balaban J connectivity index is 1.35. The Bertz CT molecular complexity index is 3200. The van der Waals surface area contributed by atoms with Crippen LogP contribution in [0.1, 0.15) is 84.0 Å². The van der Waals surface area contributed by atoms with Gasteiger partial charge in [0.15, 0.2) is 0 Å². The molecule has 0 amide bonds. The van der Waals surface area contributed by atoms with Gasteiger partial charge >= 0.3 is 0 Å².